The van der Waals surface area contributed by atoms with Crippen LogP contribution in [0.25, 0.3) is 4.96 Å². The highest BCUT2D eigenvalue weighted by Gasteiger charge is 2.13. The fourth-order valence-corrected chi connectivity index (χ4v) is 3.21. The molecular formula is C16H18N4O2S. The van der Waals surface area contributed by atoms with Crippen molar-refractivity contribution in [3.8, 4) is 0 Å². The first-order chi connectivity index (χ1) is 11.0. The Hall–Kier alpha value is -2.25. The van der Waals surface area contributed by atoms with E-state index in [0.29, 0.717) is 23.7 Å². The van der Waals surface area contributed by atoms with E-state index < -0.39 is 6.10 Å². The first kappa shape index (κ1) is 15.6. The van der Waals surface area contributed by atoms with E-state index in [1.54, 1.807) is 6.92 Å². The van der Waals surface area contributed by atoms with E-state index in [2.05, 4.69) is 10.1 Å². The lowest BCUT2D eigenvalue weighted by molar-refractivity contribution is 0.199. The number of rotatable bonds is 5. The Morgan fingerprint density at radius 1 is 1.35 bits per heavy atom. The minimum absolute atomic E-state index is 0.181. The summed E-state index contributed by atoms with van der Waals surface area (Å²) in [6.45, 7) is 4.51. The molecule has 1 N–H and O–H groups in total. The van der Waals surface area contributed by atoms with Crippen LogP contribution >= 0.6 is 11.3 Å². The van der Waals surface area contributed by atoms with E-state index in [9.17, 15) is 9.90 Å². The molecule has 120 valence electrons. The van der Waals surface area contributed by atoms with Crippen LogP contribution in [0, 0.1) is 6.92 Å². The fraction of sp³-hybridized carbons (Fsp3) is 0.312. The van der Waals surface area contributed by atoms with Crippen LogP contribution in [-0.2, 0) is 6.54 Å². The van der Waals surface area contributed by atoms with Crippen molar-refractivity contribution in [2.45, 2.75) is 26.5 Å². The van der Waals surface area contributed by atoms with Crippen molar-refractivity contribution < 1.29 is 5.11 Å². The number of hydrogen-bond donors (Lipinski definition) is 1. The Balaban J connectivity index is 1.95. The van der Waals surface area contributed by atoms with Gasteiger partial charge < -0.3 is 10.0 Å². The summed E-state index contributed by atoms with van der Waals surface area (Å²) in [5.41, 5.74) is 1.47. The summed E-state index contributed by atoms with van der Waals surface area (Å²) in [6.07, 6.45) is -0.481. The lowest BCUT2D eigenvalue weighted by Gasteiger charge is -2.25. The summed E-state index contributed by atoms with van der Waals surface area (Å²) in [7, 11) is 0. The van der Waals surface area contributed by atoms with Crippen molar-refractivity contribution in [2.24, 2.45) is 0 Å². The monoisotopic (exact) mass is 330 g/mol. The van der Waals surface area contributed by atoms with Gasteiger partial charge in [-0.3, -0.25) is 4.79 Å². The van der Waals surface area contributed by atoms with Crippen LogP contribution in [-0.4, -0.2) is 32.4 Å². The summed E-state index contributed by atoms with van der Waals surface area (Å²) >= 11 is 1.39. The molecule has 1 aromatic carbocycles. The molecule has 3 rings (SSSR count). The lowest BCUT2D eigenvalue weighted by Crippen LogP contribution is -2.31. The second kappa shape index (κ2) is 6.47. The molecule has 2 heterocycles. The van der Waals surface area contributed by atoms with Crippen LogP contribution in [0.1, 0.15) is 17.6 Å². The molecule has 23 heavy (non-hydrogen) atoms. The largest absolute Gasteiger partial charge is 0.392 e. The zero-order valence-corrected chi connectivity index (χ0v) is 13.8. The summed E-state index contributed by atoms with van der Waals surface area (Å²) in [6, 6.07) is 11.3. The third-order valence-corrected chi connectivity index (χ3v) is 4.18. The minimum atomic E-state index is -0.481. The first-order valence-electron chi connectivity index (χ1n) is 7.37. The summed E-state index contributed by atoms with van der Waals surface area (Å²) in [5, 5.41) is 14.7. The van der Waals surface area contributed by atoms with Gasteiger partial charge >= 0.3 is 0 Å². The minimum Gasteiger partial charge on any atom is -0.392 e. The zero-order chi connectivity index (χ0) is 16.4. The summed E-state index contributed by atoms with van der Waals surface area (Å²) in [4.78, 5) is 19.3. The number of anilines is 1. The number of hydrogen-bond acceptors (Lipinski definition) is 6. The molecule has 0 bridgehead atoms. The van der Waals surface area contributed by atoms with Crippen LogP contribution in [0.4, 0.5) is 5.69 Å². The van der Waals surface area contributed by atoms with Crippen molar-refractivity contribution in [1.29, 1.82) is 0 Å². The van der Waals surface area contributed by atoms with Gasteiger partial charge in [0.15, 0.2) is 0 Å². The van der Waals surface area contributed by atoms with Gasteiger partial charge in [-0.25, -0.2) is 4.98 Å². The second-order valence-electron chi connectivity index (χ2n) is 5.47. The average Bonchev–Trinajstić information content (AvgIpc) is 2.88. The van der Waals surface area contributed by atoms with E-state index in [1.807, 2.05) is 42.2 Å². The second-order valence-corrected chi connectivity index (χ2v) is 6.63. The number of aliphatic hydroxyl groups excluding tert-OH is 1. The van der Waals surface area contributed by atoms with Gasteiger partial charge in [-0.15, -0.1) is 0 Å². The maximum Gasteiger partial charge on any atom is 0.275 e. The Labute approximate surface area is 137 Å². The van der Waals surface area contributed by atoms with Crippen molar-refractivity contribution in [1.82, 2.24) is 14.6 Å². The number of fused-ring (bicyclic) bond motifs is 1. The Morgan fingerprint density at radius 3 is 2.78 bits per heavy atom. The molecule has 0 fully saturated rings. The average molecular weight is 330 g/mol. The van der Waals surface area contributed by atoms with Crippen molar-refractivity contribution in [3.63, 3.8) is 0 Å². The molecule has 0 saturated heterocycles. The van der Waals surface area contributed by atoms with Crippen LogP contribution in [0.15, 0.2) is 41.2 Å². The van der Waals surface area contributed by atoms with Gasteiger partial charge in [-0.05, 0) is 26.0 Å². The van der Waals surface area contributed by atoms with Gasteiger partial charge in [-0.2, -0.15) is 9.61 Å². The molecular weight excluding hydrogens is 312 g/mol. The Kier molecular flexibility index (Phi) is 4.40. The zero-order valence-electron chi connectivity index (χ0n) is 13.0. The number of aromatic nitrogens is 3. The maximum absolute atomic E-state index is 12.2. The quantitative estimate of drug-likeness (QED) is 0.773. The van der Waals surface area contributed by atoms with Gasteiger partial charge in [0.25, 0.3) is 5.56 Å². The molecule has 3 aromatic rings. The van der Waals surface area contributed by atoms with Crippen molar-refractivity contribution >= 4 is 22.0 Å². The molecule has 0 spiro atoms. The molecule has 1 atom stereocenters. The van der Waals surface area contributed by atoms with Crippen LogP contribution < -0.4 is 10.5 Å². The van der Waals surface area contributed by atoms with E-state index >= 15 is 0 Å². The predicted molar refractivity (Wildman–Crippen MR) is 91.0 cm³/mol. The standard InChI is InChI=1S/C16H18N4O2S/c1-11(21)9-19(14-6-4-3-5-7-14)10-13-8-15(22)20-16(17-13)23-12(2)18-20/h3-8,11,21H,9-10H2,1-2H3. The topological polar surface area (TPSA) is 70.7 Å². The third-order valence-electron chi connectivity index (χ3n) is 3.36. The molecule has 2 aromatic heterocycles. The van der Waals surface area contributed by atoms with Crippen molar-refractivity contribution in [3.05, 3.63) is 57.5 Å². The molecule has 0 radical (unpaired) electrons. The van der Waals surface area contributed by atoms with E-state index in [4.69, 9.17) is 0 Å². The Morgan fingerprint density at radius 2 is 2.09 bits per heavy atom. The number of benzene rings is 1. The van der Waals surface area contributed by atoms with Gasteiger partial charge in [-0.1, -0.05) is 29.5 Å². The molecule has 0 aliphatic rings. The highest BCUT2D eigenvalue weighted by atomic mass is 32.1. The van der Waals surface area contributed by atoms with E-state index in [-0.39, 0.29) is 5.56 Å². The summed E-state index contributed by atoms with van der Waals surface area (Å²) < 4.78 is 1.32. The molecule has 0 aliphatic carbocycles. The lowest BCUT2D eigenvalue weighted by atomic mass is 10.2. The van der Waals surface area contributed by atoms with Crippen LogP contribution in [0.2, 0.25) is 0 Å². The number of aliphatic hydroxyl groups is 1. The SMILES string of the molecule is Cc1nn2c(=O)cc(CN(CC(C)O)c3ccccc3)nc2s1. The highest BCUT2D eigenvalue weighted by Crippen LogP contribution is 2.17. The van der Waals surface area contributed by atoms with Gasteiger partial charge in [0.2, 0.25) is 4.96 Å². The predicted octanol–water partition coefficient (Wildman–Crippen LogP) is 1.85. The van der Waals surface area contributed by atoms with Gasteiger partial charge in [0, 0.05) is 18.3 Å². The maximum atomic E-state index is 12.2. The van der Waals surface area contributed by atoms with Crippen LogP contribution in [0.5, 0.6) is 0 Å². The van der Waals surface area contributed by atoms with E-state index in [0.717, 1.165) is 10.7 Å². The fourth-order valence-electron chi connectivity index (χ4n) is 2.45. The Bertz CT molecular complexity index is 857. The number of nitrogens with zero attached hydrogens (tertiary/aromatic N) is 4. The number of para-hydroxylation sites is 1. The number of aryl methyl sites for hydroxylation is 1. The van der Waals surface area contributed by atoms with Gasteiger partial charge in [0.1, 0.15) is 5.01 Å². The van der Waals surface area contributed by atoms with Crippen molar-refractivity contribution in [2.75, 3.05) is 11.4 Å². The molecule has 7 heteroatoms. The third kappa shape index (κ3) is 3.57. The molecule has 1 unspecified atom stereocenters. The highest BCUT2D eigenvalue weighted by molar-refractivity contribution is 7.16. The van der Waals surface area contributed by atoms with E-state index in [1.165, 1.54) is 21.9 Å². The molecule has 6 nitrogen and oxygen atoms in total. The van der Waals surface area contributed by atoms with Gasteiger partial charge in [0.05, 0.1) is 18.3 Å². The smallest absolute Gasteiger partial charge is 0.275 e. The molecule has 0 amide bonds. The molecule has 0 saturated carbocycles. The molecule has 0 aliphatic heterocycles. The normalized spacial score (nSPS) is 12.5. The first-order valence-corrected chi connectivity index (χ1v) is 8.19. The van der Waals surface area contributed by atoms with Crippen LogP contribution in [0.3, 0.4) is 0 Å². The summed E-state index contributed by atoms with van der Waals surface area (Å²) in [5.74, 6) is 0.